The molecule has 4 rings (SSSR count). The molecule has 0 bridgehead atoms. The van der Waals surface area contributed by atoms with Crippen LogP contribution in [0.15, 0.2) is 54.6 Å². The molecule has 0 amide bonds. The predicted octanol–water partition coefficient (Wildman–Crippen LogP) is 3.92. The summed E-state index contributed by atoms with van der Waals surface area (Å²) in [5, 5.41) is 14.1. The lowest BCUT2D eigenvalue weighted by molar-refractivity contribution is 0.340. The topological polar surface area (TPSA) is 52.3 Å². The molecule has 0 radical (unpaired) electrons. The van der Waals surface area contributed by atoms with Gasteiger partial charge in [0.15, 0.2) is 5.82 Å². The molecule has 23 heavy (non-hydrogen) atoms. The minimum Gasteiger partial charge on any atom is -0.494 e. The van der Waals surface area contributed by atoms with E-state index in [1.807, 2.05) is 61.5 Å². The Hall–Kier alpha value is -2.73. The molecule has 0 unspecified atom stereocenters. The number of rotatable bonds is 4. The van der Waals surface area contributed by atoms with Gasteiger partial charge in [-0.2, -0.15) is 9.61 Å². The molecule has 0 saturated carbocycles. The number of hydrogen-bond acceptors (Lipinski definition) is 5. The molecular weight excluding hydrogens is 308 g/mol. The van der Waals surface area contributed by atoms with Crippen LogP contribution in [0.3, 0.4) is 0 Å². The van der Waals surface area contributed by atoms with Crippen molar-refractivity contribution in [2.75, 3.05) is 6.61 Å². The van der Waals surface area contributed by atoms with Crippen LogP contribution in [0.1, 0.15) is 6.92 Å². The van der Waals surface area contributed by atoms with Crippen LogP contribution in [0.4, 0.5) is 0 Å². The van der Waals surface area contributed by atoms with Gasteiger partial charge in [-0.1, -0.05) is 53.8 Å². The Balaban J connectivity index is 1.79. The average molecular weight is 322 g/mol. The quantitative estimate of drug-likeness (QED) is 0.571. The van der Waals surface area contributed by atoms with E-state index in [-0.39, 0.29) is 0 Å². The van der Waals surface area contributed by atoms with Crippen molar-refractivity contribution < 1.29 is 4.74 Å². The van der Waals surface area contributed by atoms with Crippen LogP contribution in [0.2, 0.25) is 0 Å². The summed E-state index contributed by atoms with van der Waals surface area (Å²) >= 11 is 1.53. The Morgan fingerprint density at radius 1 is 1.00 bits per heavy atom. The number of benzene rings is 2. The van der Waals surface area contributed by atoms with E-state index in [1.165, 1.54) is 11.3 Å². The molecule has 2 aromatic heterocycles. The van der Waals surface area contributed by atoms with Crippen molar-refractivity contribution in [2.45, 2.75) is 6.92 Å². The van der Waals surface area contributed by atoms with Crippen LogP contribution in [0.25, 0.3) is 26.9 Å². The fraction of sp³-hybridized carbons (Fsp3) is 0.118. The van der Waals surface area contributed by atoms with E-state index < -0.39 is 0 Å². The van der Waals surface area contributed by atoms with E-state index in [0.717, 1.165) is 32.7 Å². The molecule has 2 heterocycles. The van der Waals surface area contributed by atoms with Crippen molar-refractivity contribution in [3.8, 4) is 27.7 Å². The van der Waals surface area contributed by atoms with E-state index in [2.05, 4.69) is 15.3 Å². The second kappa shape index (κ2) is 5.81. The summed E-state index contributed by atoms with van der Waals surface area (Å²) < 4.78 is 7.35. The molecule has 0 spiro atoms. The lowest BCUT2D eigenvalue weighted by atomic mass is 10.2. The van der Waals surface area contributed by atoms with Gasteiger partial charge < -0.3 is 4.74 Å². The minimum absolute atomic E-state index is 0.632. The summed E-state index contributed by atoms with van der Waals surface area (Å²) in [6.07, 6.45) is 0. The molecule has 0 aliphatic heterocycles. The Labute approximate surface area is 137 Å². The summed E-state index contributed by atoms with van der Waals surface area (Å²) in [5.74, 6) is 1.54. The van der Waals surface area contributed by atoms with Gasteiger partial charge >= 0.3 is 0 Å². The molecule has 2 aromatic carbocycles. The minimum atomic E-state index is 0.632. The number of aromatic nitrogens is 4. The number of nitrogens with zero attached hydrogens (tertiary/aromatic N) is 4. The highest BCUT2D eigenvalue weighted by atomic mass is 32.1. The fourth-order valence-electron chi connectivity index (χ4n) is 2.39. The van der Waals surface area contributed by atoms with Gasteiger partial charge in [0.05, 0.1) is 6.61 Å². The van der Waals surface area contributed by atoms with Gasteiger partial charge in [-0.3, -0.25) is 0 Å². The fourth-order valence-corrected chi connectivity index (χ4v) is 3.23. The van der Waals surface area contributed by atoms with Crippen LogP contribution in [-0.2, 0) is 0 Å². The molecule has 114 valence electrons. The Morgan fingerprint density at radius 3 is 2.65 bits per heavy atom. The van der Waals surface area contributed by atoms with Crippen LogP contribution in [0, 0.1) is 0 Å². The van der Waals surface area contributed by atoms with E-state index in [9.17, 15) is 0 Å². The normalized spacial score (nSPS) is 11.0. The lowest BCUT2D eigenvalue weighted by Crippen LogP contribution is -1.94. The Kier molecular flexibility index (Phi) is 3.51. The standard InChI is InChI=1S/C17H14N4OS/c1-2-22-14-10-6-9-13(11-14)15-18-19-17-21(15)20-16(23-17)12-7-4-3-5-8-12/h3-11H,2H2,1H3. The first kappa shape index (κ1) is 13.9. The van der Waals surface area contributed by atoms with Gasteiger partial charge in [0.1, 0.15) is 10.8 Å². The maximum absolute atomic E-state index is 5.56. The lowest BCUT2D eigenvalue weighted by Gasteiger charge is -2.04. The third-order valence-corrected chi connectivity index (χ3v) is 4.36. The highest BCUT2D eigenvalue weighted by molar-refractivity contribution is 7.19. The smallest absolute Gasteiger partial charge is 0.235 e. The monoisotopic (exact) mass is 322 g/mol. The third kappa shape index (κ3) is 2.57. The van der Waals surface area contributed by atoms with E-state index in [1.54, 1.807) is 4.52 Å². The van der Waals surface area contributed by atoms with E-state index >= 15 is 0 Å². The Bertz CT molecular complexity index is 946. The van der Waals surface area contributed by atoms with Crippen molar-refractivity contribution >= 4 is 16.3 Å². The van der Waals surface area contributed by atoms with Crippen molar-refractivity contribution in [2.24, 2.45) is 0 Å². The highest BCUT2D eigenvalue weighted by Gasteiger charge is 2.14. The van der Waals surface area contributed by atoms with Crippen molar-refractivity contribution in [3.05, 3.63) is 54.6 Å². The second-order valence-electron chi connectivity index (χ2n) is 4.95. The molecule has 6 heteroatoms. The van der Waals surface area contributed by atoms with Crippen molar-refractivity contribution in [3.63, 3.8) is 0 Å². The van der Waals surface area contributed by atoms with Gasteiger partial charge in [0.2, 0.25) is 4.96 Å². The summed E-state index contributed by atoms with van der Waals surface area (Å²) in [5.41, 5.74) is 2.02. The number of hydrogen-bond donors (Lipinski definition) is 0. The molecular formula is C17H14N4OS. The molecule has 0 aliphatic carbocycles. The zero-order valence-corrected chi connectivity index (χ0v) is 13.3. The van der Waals surface area contributed by atoms with E-state index in [0.29, 0.717) is 6.61 Å². The van der Waals surface area contributed by atoms with Crippen LogP contribution in [0.5, 0.6) is 5.75 Å². The SMILES string of the molecule is CCOc1cccc(-c2nnc3sc(-c4ccccc4)nn23)c1. The van der Waals surface area contributed by atoms with Gasteiger partial charge in [-0.25, -0.2) is 0 Å². The number of fused-ring (bicyclic) bond motifs is 1. The maximum atomic E-state index is 5.56. The average Bonchev–Trinajstić information content (AvgIpc) is 3.16. The number of ether oxygens (including phenoxy) is 1. The predicted molar refractivity (Wildman–Crippen MR) is 90.7 cm³/mol. The molecule has 5 nitrogen and oxygen atoms in total. The van der Waals surface area contributed by atoms with Gasteiger partial charge in [-0.15, -0.1) is 10.2 Å². The molecule has 4 aromatic rings. The van der Waals surface area contributed by atoms with Gasteiger partial charge in [0.25, 0.3) is 0 Å². The van der Waals surface area contributed by atoms with Crippen molar-refractivity contribution in [1.29, 1.82) is 0 Å². The zero-order chi connectivity index (χ0) is 15.6. The van der Waals surface area contributed by atoms with Crippen molar-refractivity contribution in [1.82, 2.24) is 19.8 Å². The molecule has 0 atom stereocenters. The summed E-state index contributed by atoms with van der Waals surface area (Å²) in [6.45, 7) is 2.60. The summed E-state index contributed by atoms with van der Waals surface area (Å²) in [4.78, 5) is 0.778. The van der Waals surface area contributed by atoms with Crippen LogP contribution in [-0.4, -0.2) is 26.4 Å². The molecule has 0 saturated heterocycles. The Morgan fingerprint density at radius 2 is 1.83 bits per heavy atom. The molecule has 0 aliphatic rings. The van der Waals surface area contributed by atoms with E-state index in [4.69, 9.17) is 4.74 Å². The maximum Gasteiger partial charge on any atom is 0.235 e. The van der Waals surface area contributed by atoms with Crippen LogP contribution < -0.4 is 4.74 Å². The highest BCUT2D eigenvalue weighted by Crippen LogP contribution is 2.28. The largest absolute Gasteiger partial charge is 0.494 e. The first-order valence-corrected chi connectivity index (χ1v) is 8.17. The van der Waals surface area contributed by atoms with Crippen LogP contribution >= 0.6 is 11.3 Å². The molecule has 0 fully saturated rings. The van der Waals surface area contributed by atoms with Gasteiger partial charge in [0, 0.05) is 11.1 Å². The zero-order valence-electron chi connectivity index (χ0n) is 12.5. The first-order valence-electron chi connectivity index (χ1n) is 7.36. The summed E-state index contributed by atoms with van der Waals surface area (Å²) in [7, 11) is 0. The first-order chi connectivity index (χ1) is 11.3. The van der Waals surface area contributed by atoms with Gasteiger partial charge in [-0.05, 0) is 19.1 Å². The summed E-state index contributed by atoms with van der Waals surface area (Å²) in [6, 6.07) is 17.9. The second-order valence-corrected chi connectivity index (χ2v) is 5.91. The third-order valence-electron chi connectivity index (χ3n) is 3.41. The molecule has 0 N–H and O–H groups in total.